The predicted molar refractivity (Wildman–Crippen MR) is 68.8 cm³/mol. The lowest BCUT2D eigenvalue weighted by atomic mass is 9.86. The van der Waals surface area contributed by atoms with Gasteiger partial charge in [0.05, 0.1) is 7.11 Å². The molecule has 0 fully saturated rings. The molecule has 0 bridgehead atoms. The molecule has 94 valence electrons. The largest absolute Gasteiger partial charge is 0.507 e. The molecule has 0 spiro atoms. The van der Waals surface area contributed by atoms with E-state index in [9.17, 15) is 5.11 Å². The van der Waals surface area contributed by atoms with Crippen molar-refractivity contribution in [3.8, 4) is 11.5 Å². The van der Waals surface area contributed by atoms with Crippen molar-refractivity contribution in [1.82, 2.24) is 0 Å². The number of phenols is 1. The highest BCUT2D eigenvalue weighted by Crippen LogP contribution is 2.40. The minimum absolute atomic E-state index is 0.163. The van der Waals surface area contributed by atoms with E-state index in [4.69, 9.17) is 10.5 Å². The standard InChI is InChI=1S/C14H21NO2/c1-9(8-15)12-7-13(17-2)10-5-3-4-6-11(10)14(12)16/h7,9,16H,3-6,8,15H2,1-2H3. The highest BCUT2D eigenvalue weighted by atomic mass is 16.5. The molecule has 0 saturated carbocycles. The van der Waals surface area contributed by atoms with Gasteiger partial charge in [0.15, 0.2) is 0 Å². The van der Waals surface area contributed by atoms with Crippen LogP contribution in [0.15, 0.2) is 6.07 Å². The van der Waals surface area contributed by atoms with E-state index in [-0.39, 0.29) is 5.92 Å². The summed E-state index contributed by atoms with van der Waals surface area (Å²) in [6.07, 6.45) is 4.27. The zero-order chi connectivity index (χ0) is 12.4. The van der Waals surface area contributed by atoms with Gasteiger partial charge >= 0.3 is 0 Å². The normalized spacial score (nSPS) is 16.4. The number of hydrogen-bond donors (Lipinski definition) is 2. The molecule has 1 aromatic rings. The van der Waals surface area contributed by atoms with Gasteiger partial charge in [0.25, 0.3) is 0 Å². The first-order chi connectivity index (χ1) is 8.19. The van der Waals surface area contributed by atoms with Crippen molar-refractivity contribution >= 4 is 0 Å². The van der Waals surface area contributed by atoms with Crippen molar-refractivity contribution in [3.63, 3.8) is 0 Å². The van der Waals surface area contributed by atoms with Crippen molar-refractivity contribution in [2.24, 2.45) is 5.73 Å². The highest BCUT2D eigenvalue weighted by Gasteiger charge is 2.22. The molecule has 0 amide bonds. The molecule has 0 heterocycles. The maximum atomic E-state index is 10.3. The average Bonchev–Trinajstić information content (AvgIpc) is 2.39. The van der Waals surface area contributed by atoms with Gasteiger partial charge in [0.2, 0.25) is 0 Å². The summed E-state index contributed by atoms with van der Waals surface area (Å²) in [5.74, 6) is 1.52. The molecule has 0 aliphatic heterocycles. The molecule has 0 radical (unpaired) electrons. The quantitative estimate of drug-likeness (QED) is 0.845. The first-order valence-electron chi connectivity index (χ1n) is 6.30. The van der Waals surface area contributed by atoms with Crippen molar-refractivity contribution in [2.45, 2.75) is 38.5 Å². The Morgan fingerprint density at radius 3 is 2.59 bits per heavy atom. The first-order valence-corrected chi connectivity index (χ1v) is 6.30. The van der Waals surface area contributed by atoms with Gasteiger partial charge in [-0.25, -0.2) is 0 Å². The van der Waals surface area contributed by atoms with Crippen LogP contribution in [-0.2, 0) is 12.8 Å². The zero-order valence-electron chi connectivity index (χ0n) is 10.6. The molecule has 1 atom stereocenters. The van der Waals surface area contributed by atoms with E-state index in [0.29, 0.717) is 12.3 Å². The molecule has 1 aliphatic rings. The lowest BCUT2D eigenvalue weighted by Gasteiger charge is -2.23. The second kappa shape index (κ2) is 4.96. The predicted octanol–water partition coefficient (Wildman–Crippen LogP) is 2.34. The lowest BCUT2D eigenvalue weighted by molar-refractivity contribution is 0.397. The minimum Gasteiger partial charge on any atom is -0.507 e. The number of aromatic hydroxyl groups is 1. The number of rotatable bonds is 3. The van der Waals surface area contributed by atoms with Gasteiger partial charge in [-0.05, 0) is 44.2 Å². The highest BCUT2D eigenvalue weighted by molar-refractivity contribution is 5.55. The van der Waals surface area contributed by atoms with E-state index in [0.717, 1.165) is 36.1 Å². The van der Waals surface area contributed by atoms with Crippen LogP contribution in [-0.4, -0.2) is 18.8 Å². The number of nitrogens with two attached hydrogens (primary N) is 1. The summed E-state index contributed by atoms with van der Waals surface area (Å²) < 4.78 is 5.45. The van der Waals surface area contributed by atoms with Gasteiger partial charge in [0, 0.05) is 16.7 Å². The molecule has 0 saturated heterocycles. The summed E-state index contributed by atoms with van der Waals surface area (Å²) >= 11 is 0. The van der Waals surface area contributed by atoms with E-state index in [1.54, 1.807) is 7.11 Å². The third kappa shape index (κ3) is 2.12. The van der Waals surface area contributed by atoms with Crippen LogP contribution in [0.25, 0.3) is 0 Å². The Bertz CT molecular complexity index is 415. The monoisotopic (exact) mass is 235 g/mol. The fourth-order valence-electron chi connectivity index (χ4n) is 2.59. The molecule has 3 heteroatoms. The molecule has 0 aromatic heterocycles. The van der Waals surface area contributed by atoms with Crippen LogP contribution in [0.5, 0.6) is 11.5 Å². The van der Waals surface area contributed by atoms with Crippen molar-refractivity contribution < 1.29 is 9.84 Å². The second-order valence-corrected chi connectivity index (χ2v) is 4.82. The van der Waals surface area contributed by atoms with Crippen LogP contribution < -0.4 is 10.5 Å². The van der Waals surface area contributed by atoms with E-state index >= 15 is 0 Å². The number of methoxy groups -OCH3 is 1. The zero-order valence-corrected chi connectivity index (χ0v) is 10.6. The fourth-order valence-corrected chi connectivity index (χ4v) is 2.59. The van der Waals surface area contributed by atoms with Crippen molar-refractivity contribution in [3.05, 3.63) is 22.8 Å². The van der Waals surface area contributed by atoms with E-state index < -0.39 is 0 Å². The number of fused-ring (bicyclic) bond motifs is 1. The van der Waals surface area contributed by atoms with Crippen LogP contribution in [0.1, 0.15) is 42.4 Å². The average molecular weight is 235 g/mol. The Morgan fingerprint density at radius 2 is 2.00 bits per heavy atom. The van der Waals surface area contributed by atoms with Crippen LogP contribution >= 0.6 is 0 Å². The smallest absolute Gasteiger partial charge is 0.122 e. The third-order valence-electron chi connectivity index (χ3n) is 3.72. The Hall–Kier alpha value is -1.22. The Morgan fingerprint density at radius 1 is 1.35 bits per heavy atom. The molecule has 1 aromatic carbocycles. The summed E-state index contributed by atoms with van der Waals surface area (Å²) in [6.45, 7) is 2.57. The van der Waals surface area contributed by atoms with Crippen molar-refractivity contribution in [1.29, 1.82) is 0 Å². The van der Waals surface area contributed by atoms with E-state index in [1.165, 1.54) is 12.0 Å². The van der Waals surface area contributed by atoms with Crippen molar-refractivity contribution in [2.75, 3.05) is 13.7 Å². The molecular formula is C14H21NO2. The summed E-state index contributed by atoms with van der Waals surface area (Å²) in [5, 5.41) is 10.3. The van der Waals surface area contributed by atoms with Crippen LogP contribution in [0.2, 0.25) is 0 Å². The van der Waals surface area contributed by atoms with Gasteiger partial charge in [-0.15, -0.1) is 0 Å². The number of phenolic OH excluding ortho intramolecular Hbond substituents is 1. The van der Waals surface area contributed by atoms with Crippen LogP contribution in [0.3, 0.4) is 0 Å². The fraction of sp³-hybridized carbons (Fsp3) is 0.571. The SMILES string of the molecule is COc1cc(C(C)CN)c(O)c2c1CCCC2. The second-order valence-electron chi connectivity index (χ2n) is 4.82. The lowest BCUT2D eigenvalue weighted by Crippen LogP contribution is -2.12. The molecular weight excluding hydrogens is 214 g/mol. The molecule has 3 N–H and O–H groups in total. The van der Waals surface area contributed by atoms with Gasteiger partial charge in [0.1, 0.15) is 11.5 Å². The van der Waals surface area contributed by atoms with Crippen LogP contribution in [0, 0.1) is 0 Å². The molecule has 3 nitrogen and oxygen atoms in total. The maximum Gasteiger partial charge on any atom is 0.122 e. The third-order valence-corrected chi connectivity index (χ3v) is 3.72. The van der Waals surface area contributed by atoms with E-state index in [1.807, 2.05) is 13.0 Å². The summed E-state index contributed by atoms with van der Waals surface area (Å²) in [6, 6.07) is 1.96. The van der Waals surface area contributed by atoms with Gasteiger partial charge in [-0.3, -0.25) is 0 Å². The first kappa shape index (κ1) is 12.2. The topological polar surface area (TPSA) is 55.5 Å². The Balaban J connectivity index is 2.56. The maximum absolute atomic E-state index is 10.3. The van der Waals surface area contributed by atoms with Gasteiger partial charge < -0.3 is 15.6 Å². The number of benzene rings is 1. The molecule has 1 aliphatic carbocycles. The summed E-state index contributed by atoms with van der Waals surface area (Å²) in [7, 11) is 1.69. The minimum atomic E-state index is 0.163. The van der Waals surface area contributed by atoms with Crippen LogP contribution in [0.4, 0.5) is 0 Å². The number of ether oxygens (including phenoxy) is 1. The van der Waals surface area contributed by atoms with Gasteiger partial charge in [-0.1, -0.05) is 6.92 Å². The molecule has 17 heavy (non-hydrogen) atoms. The summed E-state index contributed by atoms with van der Waals surface area (Å²) in [5.41, 5.74) is 8.87. The van der Waals surface area contributed by atoms with E-state index in [2.05, 4.69) is 0 Å². The molecule has 2 rings (SSSR count). The Kier molecular flexibility index (Phi) is 3.57. The number of hydrogen-bond acceptors (Lipinski definition) is 3. The Labute approximate surface area is 103 Å². The van der Waals surface area contributed by atoms with Gasteiger partial charge in [-0.2, -0.15) is 0 Å². The molecule has 1 unspecified atom stereocenters. The summed E-state index contributed by atoms with van der Waals surface area (Å²) in [4.78, 5) is 0.